The number of allylic oxidation sites excluding steroid dienone is 2. The Bertz CT molecular complexity index is 343. The molecule has 1 unspecified atom stereocenters. The van der Waals surface area contributed by atoms with E-state index in [2.05, 4.69) is 27.7 Å². The second-order valence-electron chi connectivity index (χ2n) is 7.83. The first-order valence-electron chi connectivity index (χ1n) is 8.24. The highest BCUT2D eigenvalue weighted by atomic mass is 16.3. The molecule has 1 saturated carbocycles. The third kappa shape index (κ3) is 3.42. The van der Waals surface area contributed by atoms with E-state index in [1.807, 2.05) is 0 Å². The van der Waals surface area contributed by atoms with Crippen molar-refractivity contribution in [1.29, 1.82) is 0 Å². The minimum absolute atomic E-state index is 0.355. The van der Waals surface area contributed by atoms with Crippen LogP contribution in [0.1, 0.15) is 85.5 Å². The zero-order valence-corrected chi connectivity index (χ0v) is 13.4. The van der Waals surface area contributed by atoms with E-state index in [1.54, 1.807) is 11.1 Å². The maximum atomic E-state index is 10.8. The average Bonchev–Trinajstić information content (AvgIpc) is 2.81. The Hall–Kier alpha value is -0.300. The fourth-order valence-electron chi connectivity index (χ4n) is 4.36. The van der Waals surface area contributed by atoms with Gasteiger partial charge >= 0.3 is 0 Å². The minimum atomic E-state index is -0.447. The Balaban J connectivity index is 2.00. The van der Waals surface area contributed by atoms with Gasteiger partial charge in [-0.25, -0.2) is 0 Å². The van der Waals surface area contributed by atoms with Gasteiger partial charge in [0.2, 0.25) is 0 Å². The predicted octanol–water partition coefficient (Wildman–Crippen LogP) is 5.23. The summed E-state index contributed by atoms with van der Waals surface area (Å²) in [6, 6.07) is 0. The van der Waals surface area contributed by atoms with Crippen LogP contribution in [0.2, 0.25) is 0 Å². The van der Waals surface area contributed by atoms with Crippen molar-refractivity contribution < 1.29 is 5.11 Å². The number of hydrogen-bond acceptors (Lipinski definition) is 1. The lowest BCUT2D eigenvalue weighted by atomic mass is 9.69. The van der Waals surface area contributed by atoms with Crippen molar-refractivity contribution in [3.05, 3.63) is 11.1 Å². The zero-order valence-electron chi connectivity index (χ0n) is 13.4. The molecule has 1 N–H and O–H groups in total. The smallest absolute Gasteiger partial charge is 0.0650 e. The molecule has 0 aromatic carbocycles. The van der Waals surface area contributed by atoms with Crippen LogP contribution in [0.4, 0.5) is 0 Å². The summed E-state index contributed by atoms with van der Waals surface area (Å²) in [6.07, 6.45) is 11.1. The quantitative estimate of drug-likeness (QED) is 0.689. The highest BCUT2D eigenvalue weighted by molar-refractivity contribution is 5.22. The highest BCUT2D eigenvalue weighted by Crippen LogP contribution is 2.44. The first-order valence-corrected chi connectivity index (χ1v) is 8.24. The molecule has 1 nitrogen and oxygen atoms in total. The fraction of sp³-hybridized carbons (Fsp3) is 0.889. The standard InChI is InChI=1S/C18H32O/c1-14-8-7-12-17(2,3)16(14)11-13-18(4,19)15-9-5-6-10-15/h15,19H,5-13H2,1-4H3. The summed E-state index contributed by atoms with van der Waals surface area (Å²) in [5, 5.41) is 10.8. The first kappa shape index (κ1) is 15.1. The molecule has 0 radical (unpaired) electrons. The van der Waals surface area contributed by atoms with Crippen LogP contribution >= 0.6 is 0 Å². The van der Waals surface area contributed by atoms with Crippen molar-refractivity contribution >= 4 is 0 Å². The molecule has 1 heteroatoms. The molecule has 0 amide bonds. The average molecular weight is 264 g/mol. The van der Waals surface area contributed by atoms with E-state index in [9.17, 15) is 5.11 Å². The van der Waals surface area contributed by atoms with Gasteiger partial charge in [-0.3, -0.25) is 0 Å². The monoisotopic (exact) mass is 264 g/mol. The van der Waals surface area contributed by atoms with Crippen LogP contribution in [0.15, 0.2) is 11.1 Å². The van der Waals surface area contributed by atoms with Crippen LogP contribution in [-0.4, -0.2) is 10.7 Å². The molecule has 0 spiro atoms. The molecular formula is C18H32O. The summed E-state index contributed by atoms with van der Waals surface area (Å²) in [7, 11) is 0. The lowest BCUT2D eigenvalue weighted by Crippen LogP contribution is -2.34. The topological polar surface area (TPSA) is 20.2 Å². The summed E-state index contributed by atoms with van der Waals surface area (Å²) in [4.78, 5) is 0. The molecule has 0 aromatic rings. The summed E-state index contributed by atoms with van der Waals surface area (Å²) in [5.74, 6) is 0.542. The van der Waals surface area contributed by atoms with Crippen molar-refractivity contribution in [1.82, 2.24) is 0 Å². The maximum absolute atomic E-state index is 10.8. The number of rotatable bonds is 4. The van der Waals surface area contributed by atoms with Crippen LogP contribution in [-0.2, 0) is 0 Å². The number of aliphatic hydroxyl groups is 1. The largest absolute Gasteiger partial charge is 0.390 e. The van der Waals surface area contributed by atoms with Crippen LogP contribution in [0.3, 0.4) is 0 Å². The lowest BCUT2D eigenvalue weighted by Gasteiger charge is -2.37. The van der Waals surface area contributed by atoms with Crippen molar-refractivity contribution in [2.75, 3.05) is 0 Å². The Morgan fingerprint density at radius 3 is 2.42 bits per heavy atom. The second kappa shape index (κ2) is 5.60. The van der Waals surface area contributed by atoms with Crippen LogP contribution in [0.25, 0.3) is 0 Å². The van der Waals surface area contributed by atoms with E-state index in [0.717, 1.165) is 12.8 Å². The summed E-state index contributed by atoms with van der Waals surface area (Å²) >= 11 is 0. The van der Waals surface area contributed by atoms with Gasteiger partial charge in [0, 0.05) is 0 Å². The number of hydrogen-bond donors (Lipinski definition) is 1. The van der Waals surface area contributed by atoms with Gasteiger partial charge in [-0.15, -0.1) is 0 Å². The molecule has 0 aromatic heterocycles. The van der Waals surface area contributed by atoms with Gasteiger partial charge < -0.3 is 5.11 Å². The molecule has 0 aliphatic heterocycles. The molecular weight excluding hydrogens is 232 g/mol. The maximum Gasteiger partial charge on any atom is 0.0650 e. The van der Waals surface area contributed by atoms with E-state index in [1.165, 1.54) is 44.9 Å². The molecule has 2 aliphatic rings. The van der Waals surface area contributed by atoms with Gasteiger partial charge in [0.15, 0.2) is 0 Å². The van der Waals surface area contributed by atoms with Crippen LogP contribution < -0.4 is 0 Å². The van der Waals surface area contributed by atoms with Crippen LogP contribution in [0.5, 0.6) is 0 Å². The van der Waals surface area contributed by atoms with Crippen molar-refractivity contribution in [3.63, 3.8) is 0 Å². The first-order chi connectivity index (χ1) is 8.83. The van der Waals surface area contributed by atoms with Gasteiger partial charge in [-0.05, 0) is 70.1 Å². The van der Waals surface area contributed by atoms with E-state index in [0.29, 0.717) is 11.3 Å². The minimum Gasteiger partial charge on any atom is -0.390 e. The lowest BCUT2D eigenvalue weighted by molar-refractivity contribution is -0.00709. The summed E-state index contributed by atoms with van der Waals surface area (Å²) < 4.78 is 0. The molecule has 2 aliphatic carbocycles. The molecule has 0 heterocycles. The molecule has 0 saturated heterocycles. The molecule has 1 atom stereocenters. The van der Waals surface area contributed by atoms with Gasteiger partial charge in [0.05, 0.1) is 5.60 Å². The van der Waals surface area contributed by atoms with Gasteiger partial charge in [0.1, 0.15) is 0 Å². The molecule has 110 valence electrons. The molecule has 19 heavy (non-hydrogen) atoms. The third-order valence-corrected chi connectivity index (χ3v) is 5.80. The summed E-state index contributed by atoms with van der Waals surface area (Å²) in [6.45, 7) is 9.15. The van der Waals surface area contributed by atoms with E-state index < -0.39 is 5.60 Å². The van der Waals surface area contributed by atoms with Crippen molar-refractivity contribution in [3.8, 4) is 0 Å². The Kier molecular flexibility index (Phi) is 4.45. The fourth-order valence-corrected chi connectivity index (χ4v) is 4.36. The van der Waals surface area contributed by atoms with Crippen LogP contribution in [0, 0.1) is 11.3 Å². The molecule has 0 bridgehead atoms. The SMILES string of the molecule is CC1=C(CCC(C)(O)C2CCCC2)C(C)(C)CCC1. The summed E-state index contributed by atoms with van der Waals surface area (Å²) in [5.41, 5.74) is 3.14. The zero-order chi connectivity index (χ0) is 14.1. The van der Waals surface area contributed by atoms with E-state index in [4.69, 9.17) is 0 Å². The second-order valence-corrected chi connectivity index (χ2v) is 7.83. The predicted molar refractivity (Wildman–Crippen MR) is 82.1 cm³/mol. The van der Waals surface area contributed by atoms with Gasteiger partial charge in [-0.1, -0.05) is 37.8 Å². The van der Waals surface area contributed by atoms with Gasteiger partial charge in [0.25, 0.3) is 0 Å². The Morgan fingerprint density at radius 2 is 1.84 bits per heavy atom. The molecule has 2 rings (SSSR count). The van der Waals surface area contributed by atoms with Gasteiger partial charge in [-0.2, -0.15) is 0 Å². The molecule has 1 fully saturated rings. The third-order valence-electron chi connectivity index (χ3n) is 5.80. The Morgan fingerprint density at radius 1 is 1.21 bits per heavy atom. The Labute approximate surface area is 119 Å². The van der Waals surface area contributed by atoms with Crippen molar-refractivity contribution in [2.24, 2.45) is 11.3 Å². The van der Waals surface area contributed by atoms with Crippen molar-refractivity contribution in [2.45, 2.75) is 91.1 Å². The van der Waals surface area contributed by atoms with E-state index in [-0.39, 0.29) is 0 Å². The normalized spacial score (nSPS) is 27.6. The van der Waals surface area contributed by atoms with E-state index >= 15 is 0 Å². The highest BCUT2D eigenvalue weighted by Gasteiger charge is 2.35.